The maximum absolute atomic E-state index is 13.1. The Morgan fingerprint density at radius 3 is 0.488 bits per heavy atom. The third-order valence-corrected chi connectivity index (χ3v) is 29.7. The molecule has 0 aromatic heterocycles. The highest BCUT2D eigenvalue weighted by molar-refractivity contribution is 5.68. The standard InChI is InChI=1S/C111H124O12/c1-55-43-93(112)63(9)35-81(55)101(82-36-64(10)94(113)44-56(82)2)89-51-77(31-71(17)105(89)120)110(78-32-72(18)106(121)90(52-78)102(83-37-65(11)95(114)45-57(83)3)84-38-66(12)96(115)46-58(84)4)27-23-75(24-28-110)109(21,22)76-25-29-111(30-26-76,79-33-73(19)107(122)91(53-79)103(85-39-67(13)97(116)47-59(85)5)86-40-68(14)98(117)48-60(86)6)80-34-74(20)108(123)92(54-80)104(87-41-69(15)99(118)49-61(87)7)88-42-70(16)100(119)50-62(88)8/h31-54,75-76,101-104,112-123H,23-30H2,1-22H3. The minimum Gasteiger partial charge on any atom is -0.508 e. The van der Waals surface area contributed by atoms with E-state index in [9.17, 15) is 61.3 Å². The molecule has 12 heteroatoms. The van der Waals surface area contributed by atoms with E-state index >= 15 is 0 Å². The number of hydrogen-bond donors (Lipinski definition) is 12. The molecule has 0 radical (unpaired) electrons. The van der Waals surface area contributed by atoms with Crippen LogP contribution in [0.3, 0.4) is 0 Å². The normalized spacial score (nSPS) is 14.6. The third-order valence-electron chi connectivity index (χ3n) is 29.7. The molecule has 0 atom stereocenters. The summed E-state index contributed by atoms with van der Waals surface area (Å²) in [4.78, 5) is 0. The molecule has 640 valence electrons. The Hall–Kier alpha value is -11.8. The maximum atomic E-state index is 13.1. The van der Waals surface area contributed by atoms with Gasteiger partial charge < -0.3 is 61.3 Å². The van der Waals surface area contributed by atoms with Crippen molar-refractivity contribution in [2.75, 3.05) is 0 Å². The van der Waals surface area contributed by atoms with Gasteiger partial charge in [0, 0.05) is 56.8 Å². The molecule has 2 saturated carbocycles. The van der Waals surface area contributed by atoms with Crippen LogP contribution in [0.15, 0.2) is 146 Å². The van der Waals surface area contributed by atoms with Crippen LogP contribution in [-0.2, 0) is 10.8 Å². The number of rotatable bonds is 18. The molecule has 12 nitrogen and oxygen atoms in total. The Kier molecular flexibility index (Phi) is 23.4. The monoisotopic (exact) mass is 1650 g/mol. The number of benzene rings is 12. The van der Waals surface area contributed by atoms with Crippen molar-refractivity contribution in [1.29, 1.82) is 0 Å². The summed E-state index contributed by atoms with van der Waals surface area (Å²) < 4.78 is 0. The zero-order valence-electron chi connectivity index (χ0n) is 75.8. The summed E-state index contributed by atoms with van der Waals surface area (Å²) in [6.45, 7) is 43.9. The highest BCUT2D eigenvalue weighted by atomic mass is 16.3. The molecule has 0 saturated heterocycles. The van der Waals surface area contributed by atoms with E-state index in [-0.39, 0.29) is 86.2 Å². The van der Waals surface area contributed by atoms with Gasteiger partial charge in [-0.15, -0.1) is 0 Å². The first kappa shape index (κ1) is 87.6. The molecule has 0 bridgehead atoms. The van der Waals surface area contributed by atoms with Crippen LogP contribution in [0.5, 0.6) is 69.0 Å². The molecule has 0 amide bonds. The highest BCUT2D eigenvalue weighted by Gasteiger charge is 2.50. The molecular weight excluding hydrogens is 1530 g/mol. The van der Waals surface area contributed by atoms with Crippen LogP contribution < -0.4 is 0 Å². The summed E-state index contributed by atoms with van der Waals surface area (Å²) in [5.41, 5.74) is 27.1. The number of aryl methyl sites for hydroxylation is 20. The van der Waals surface area contributed by atoms with E-state index in [1.807, 2.05) is 187 Å². The quantitative estimate of drug-likeness (QED) is 0.0359. The lowest BCUT2D eigenvalue weighted by molar-refractivity contribution is 0.0364. The van der Waals surface area contributed by atoms with Crippen LogP contribution >= 0.6 is 0 Å². The van der Waals surface area contributed by atoms with Gasteiger partial charge in [0.05, 0.1) is 0 Å². The van der Waals surface area contributed by atoms with Crippen LogP contribution in [-0.4, -0.2) is 61.3 Å². The lowest BCUT2D eigenvalue weighted by atomic mass is 9.52. The molecule has 14 rings (SSSR count). The molecule has 0 aliphatic heterocycles. The molecule has 12 aromatic rings. The van der Waals surface area contributed by atoms with Gasteiger partial charge in [-0.1, -0.05) is 111 Å². The Morgan fingerprint density at radius 2 is 0.341 bits per heavy atom. The maximum Gasteiger partial charge on any atom is 0.122 e. The average molecular weight is 1650 g/mol. The Morgan fingerprint density at radius 1 is 0.195 bits per heavy atom. The fraction of sp³-hybridized carbons (Fsp3) is 0.351. The number of phenolic OH excluding ortho intramolecular Hbond substituents is 12. The molecule has 2 aliphatic carbocycles. The van der Waals surface area contributed by atoms with Crippen LogP contribution in [0.1, 0.15) is 289 Å². The van der Waals surface area contributed by atoms with Crippen molar-refractivity contribution in [3.05, 3.63) is 346 Å². The van der Waals surface area contributed by atoms with Crippen molar-refractivity contribution in [2.24, 2.45) is 17.3 Å². The second-order valence-corrected chi connectivity index (χ2v) is 38.2. The Balaban J connectivity index is 0.946. The van der Waals surface area contributed by atoms with E-state index in [2.05, 4.69) is 62.4 Å². The number of hydrogen-bond acceptors (Lipinski definition) is 12. The van der Waals surface area contributed by atoms with Gasteiger partial charge in [-0.25, -0.2) is 0 Å². The zero-order valence-corrected chi connectivity index (χ0v) is 75.8. The van der Waals surface area contributed by atoms with E-state index in [4.69, 9.17) is 0 Å². The van der Waals surface area contributed by atoms with Crippen LogP contribution in [0, 0.1) is 156 Å². The number of phenols is 12. The van der Waals surface area contributed by atoms with E-state index in [0.717, 1.165) is 137 Å². The molecule has 123 heavy (non-hydrogen) atoms. The average Bonchev–Trinajstić information content (AvgIpc) is 0.729. The zero-order chi connectivity index (χ0) is 89.3. The molecular formula is C111H124O12. The predicted octanol–water partition coefficient (Wildman–Crippen LogP) is 25.7. The van der Waals surface area contributed by atoms with Crippen LogP contribution in [0.4, 0.5) is 0 Å². The van der Waals surface area contributed by atoms with Gasteiger partial charge >= 0.3 is 0 Å². The van der Waals surface area contributed by atoms with E-state index < -0.39 is 34.5 Å². The van der Waals surface area contributed by atoms with Gasteiger partial charge in [0.2, 0.25) is 0 Å². The first-order valence-corrected chi connectivity index (χ1v) is 43.6. The molecule has 2 fully saturated rings. The second kappa shape index (κ2) is 32.8. The SMILES string of the molecule is Cc1cc(C(c2cc(C)c(O)cc2C)c2cc(C3(c4cc(C)c(O)c(C(c5cc(C)c(O)cc5C)c5cc(C)c(O)cc5C)c4)CCC(C(C)(C)C4CCC(c5cc(C)c(O)c(C(c6cc(C)c(O)cc6C)c6cc(C)c(O)cc6C)c5)(c5cc(C)c(O)c(C(c6cc(C)c(O)cc6C)c6cc(C)c(O)cc6C)c5)CC4)CC3)cc(C)c2O)c(C)cc1O. The Labute approximate surface area is 727 Å². The van der Waals surface area contributed by atoms with Crippen molar-refractivity contribution in [3.8, 4) is 69.0 Å². The van der Waals surface area contributed by atoms with Crippen molar-refractivity contribution in [3.63, 3.8) is 0 Å². The van der Waals surface area contributed by atoms with Gasteiger partial charge in [-0.05, 0) is 434 Å². The summed E-state index contributed by atoms with van der Waals surface area (Å²) in [6, 6.07) is 48.1. The largest absolute Gasteiger partial charge is 0.508 e. The predicted molar refractivity (Wildman–Crippen MR) is 495 cm³/mol. The minimum atomic E-state index is -0.758. The van der Waals surface area contributed by atoms with E-state index in [0.29, 0.717) is 115 Å². The fourth-order valence-electron chi connectivity index (χ4n) is 21.8. The van der Waals surface area contributed by atoms with Gasteiger partial charge in [0.1, 0.15) is 69.0 Å². The summed E-state index contributed by atoms with van der Waals surface area (Å²) in [6.07, 6.45) is 5.91. The van der Waals surface area contributed by atoms with Crippen molar-refractivity contribution in [2.45, 2.75) is 238 Å². The van der Waals surface area contributed by atoms with Crippen LogP contribution in [0.25, 0.3) is 0 Å². The smallest absolute Gasteiger partial charge is 0.122 e. The summed E-state index contributed by atoms with van der Waals surface area (Å²) in [5, 5.41) is 143. The summed E-state index contributed by atoms with van der Waals surface area (Å²) in [5.74, 6) is 0.0374. The molecule has 0 spiro atoms. The van der Waals surface area contributed by atoms with Crippen molar-refractivity contribution in [1.82, 2.24) is 0 Å². The molecule has 12 aromatic carbocycles. The van der Waals surface area contributed by atoms with Gasteiger partial charge in [-0.3, -0.25) is 0 Å². The lowest BCUT2D eigenvalue weighted by Gasteiger charge is -2.52. The van der Waals surface area contributed by atoms with E-state index in [1.54, 1.807) is 48.5 Å². The van der Waals surface area contributed by atoms with Crippen molar-refractivity contribution >= 4 is 0 Å². The van der Waals surface area contributed by atoms with Gasteiger partial charge in [0.15, 0.2) is 0 Å². The first-order valence-electron chi connectivity index (χ1n) is 43.6. The van der Waals surface area contributed by atoms with Crippen LogP contribution in [0.2, 0.25) is 0 Å². The van der Waals surface area contributed by atoms with Gasteiger partial charge in [-0.2, -0.15) is 0 Å². The first-order chi connectivity index (χ1) is 57.9. The van der Waals surface area contributed by atoms with E-state index in [1.165, 1.54) is 0 Å². The second-order valence-electron chi connectivity index (χ2n) is 38.2. The highest BCUT2D eigenvalue weighted by Crippen LogP contribution is 2.61. The third kappa shape index (κ3) is 15.5. The summed E-state index contributed by atoms with van der Waals surface area (Å²) >= 11 is 0. The van der Waals surface area contributed by atoms with Gasteiger partial charge in [0.25, 0.3) is 0 Å². The number of aromatic hydroxyl groups is 12. The molecule has 0 heterocycles. The lowest BCUT2D eigenvalue weighted by Crippen LogP contribution is -2.43. The fourth-order valence-corrected chi connectivity index (χ4v) is 21.8. The topological polar surface area (TPSA) is 243 Å². The summed E-state index contributed by atoms with van der Waals surface area (Å²) in [7, 11) is 0. The van der Waals surface area contributed by atoms with Crippen molar-refractivity contribution < 1.29 is 61.3 Å². The minimum absolute atomic E-state index is 0.142. The molecule has 12 N–H and O–H groups in total. The Bertz CT molecular complexity index is 5290. The molecule has 0 unspecified atom stereocenters. The molecule has 2 aliphatic rings.